The minimum atomic E-state index is 0.612. The van der Waals surface area contributed by atoms with Crippen molar-refractivity contribution in [1.29, 1.82) is 0 Å². The molecule has 50 valence electrons. The van der Waals surface area contributed by atoms with Crippen LogP contribution in [0.1, 0.15) is 19.8 Å². The number of rotatable bonds is 2. The molecule has 1 aliphatic rings. The summed E-state index contributed by atoms with van der Waals surface area (Å²) >= 11 is 0. The Morgan fingerprint density at radius 2 is 2.33 bits per heavy atom. The Morgan fingerprint density at radius 1 is 1.67 bits per heavy atom. The van der Waals surface area contributed by atoms with Gasteiger partial charge >= 0.3 is 0 Å². The molecule has 9 heavy (non-hydrogen) atoms. The van der Waals surface area contributed by atoms with Crippen LogP contribution in [0, 0.1) is 0 Å². The maximum absolute atomic E-state index is 5.37. The van der Waals surface area contributed by atoms with Crippen molar-refractivity contribution in [3.63, 3.8) is 0 Å². The van der Waals surface area contributed by atoms with Gasteiger partial charge in [0.25, 0.3) is 0 Å². The zero-order chi connectivity index (χ0) is 6.69. The highest BCUT2D eigenvalue weighted by atomic mass is 14.8. The Morgan fingerprint density at radius 3 is 2.78 bits per heavy atom. The highest BCUT2D eigenvalue weighted by Gasteiger charge is 2.18. The molecule has 1 rings (SSSR count). The Kier molecular flexibility index (Phi) is 1.88. The standard InChI is InChI=1S/C7H12N2/c1-6(8)4-5-9-7-2-3-7/h4-5,7H,2-3,8H2,1H3. The first-order valence-corrected chi connectivity index (χ1v) is 3.24. The average molecular weight is 124 g/mol. The molecule has 1 aliphatic carbocycles. The lowest BCUT2D eigenvalue weighted by Crippen LogP contribution is -1.89. The zero-order valence-corrected chi connectivity index (χ0v) is 5.67. The van der Waals surface area contributed by atoms with Crippen molar-refractivity contribution in [3.05, 3.63) is 11.8 Å². The van der Waals surface area contributed by atoms with Gasteiger partial charge in [0.15, 0.2) is 0 Å². The van der Waals surface area contributed by atoms with Crippen molar-refractivity contribution in [2.75, 3.05) is 0 Å². The van der Waals surface area contributed by atoms with Crippen LogP contribution in [0.3, 0.4) is 0 Å². The number of allylic oxidation sites excluding steroid dienone is 2. The molecule has 0 bridgehead atoms. The van der Waals surface area contributed by atoms with Crippen molar-refractivity contribution in [2.24, 2.45) is 10.7 Å². The van der Waals surface area contributed by atoms with E-state index in [1.54, 1.807) is 6.21 Å². The van der Waals surface area contributed by atoms with Crippen LogP contribution in [-0.4, -0.2) is 12.3 Å². The van der Waals surface area contributed by atoms with Gasteiger partial charge in [-0.25, -0.2) is 0 Å². The van der Waals surface area contributed by atoms with Gasteiger partial charge in [0.1, 0.15) is 0 Å². The SMILES string of the molecule is CC(N)=CC=NC1CC1. The molecule has 1 fully saturated rings. The van der Waals surface area contributed by atoms with Crippen LogP contribution >= 0.6 is 0 Å². The summed E-state index contributed by atoms with van der Waals surface area (Å²) in [4.78, 5) is 4.19. The molecule has 0 radical (unpaired) electrons. The summed E-state index contributed by atoms with van der Waals surface area (Å²) in [5.41, 5.74) is 6.19. The molecule has 2 heteroatoms. The van der Waals surface area contributed by atoms with Gasteiger partial charge in [-0.15, -0.1) is 0 Å². The molecule has 1 saturated carbocycles. The predicted octanol–water partition coefficient (Wildman–Crippen LogP) is 1.08. The maximum atomic E-state index is 5.37. The summed E-state index contributed by atoms with van der Waals surface area (Å²) in [5.74, 6) is 0. The van der Waals surface area contributed by atoms with E-state index in [0.29, 0.717) is 6.04 Å². The first-order valence-electron chi connectivity index (χ1n) is 3.24. The molecule has 0 amide bonds. The lowest BCUT2D eigenvalue weighted by Gasteiger charge is -1.82. The van der Waals surface area contributed by atoms with Crippen LogP contribution in [-0.2, 0) is 0 Å². The Bertz CT molecular complexity index is 139. The molecule has 0 aromatic rings. The van der Waals surface area contributed by atoms with E-state index in [4.69, 9.17) is 5.73 Å². The number of hydrogen-bond acceptors (Lipinski definition) is 2. The van der Waals surface area contributed by atoms with Crippen LogP contribution in [0.25, 0.3) is 0 Å². The van der Waals surface area contributed by atoms with E-state index >= 15 is 0 Å². The highest BCUT2D eigenvalue weighted by molar-refractivity contribution is 5.72. The maximum Gasteiger partial charge on any atom is 0.0501 e. The second kappa shape index (κ2) is 2.67. The molecular weight excluding hydrogens is 112 g/mol. The fourth-order valence-corrected chi connectivity index (χ4v) is 0.506. The fourth-order valence-electron chi connectivity index (χ4n) is 0.506. The van der Waals surface area contributed by atoms with Crippen LogP contribution in [0.5, 0.6) is 0 Å². The van der Waals surface area contributed by atoms with E-state index < -0.39 is 0 Å². The molecule has 0 aromatic heterocycles. The highest BCUT2D eigenvalue weighted by Crippen LogP contribution is 2.22. The summed E-state index contributed by atoms with van der Waals surface area (Å²) < 4.78 is 0. The van der Waals surface area contributed by atoms with Crippen LogP contribution < -0.4 is 5.73 Å². The zero-order valence-electron chi connectivity index (χ0n) is 5.67. The van der Waals surface area contributed by atoms with Gasteiger partial charge in [-0.05, 0) is 25.8 Å². The van der Waals surface area contributed by atoms with Gasteiger partial charge in [-0.1, -0.05) is 0 Å². The van der Waals surface area contributed by atoms with Crippen molar-refractivity contribution in [2.45, 2.75) is 25.8 Å². The minimum Gasteiger partial charge on any atom is -0.402 e. The smallest absolute Gasteiger partial charge is 0.0501 e. The van der Waals surface area contributed by atoms with Gasteiger partial charge in [0, 0.05) is 11.9 Å². The summed E-state index contributed by atoms with van der Waals surface area (Å²) in [6.45, 7) is 1.86. The van der Waals surface area contributed by atoms with Gasteiger partial charge in [-0.2, -0.15) is 0 Å². The van der Waals surface area contributed by atoms with E-state index in [1.165, 1.54) is 12.8 Å². The quantitative estimate of drug-likeness (QED) is 0.550. The summed E-state index contributed by atoms with van der Waals surface area (Å²) in [7, 11) is 0. The van der Waals surface area contributed by atoms with E-state index in [9.17, 15) is 0 Å². The Hall–Kier alpha value is -0.790. The third-order valence-corrected chi connectivity index (χ3v) is 1.18. The van der Waals surface area contributed by atoms with E-state index in [2.05, 4.69) is 4.99 Å². The molecule has 0 aromatic carbocycles. The average Bonchev–Trinajstić information content (AvgIpc) is 2.48. The summed E-state index contributed by atoms with van der Waals surface area (Å²) in [6, 6.07) is 0.612. The first kappa shape index (κ1) is 6.33. The van der Waals surface area contributed by atoms with Gasteiger partial charge < -0.3 is 5.73 Å². The van der Waals surface area contributed by atoms with Gasteiger partial charge in [-0.3, -0.25) is 4.99 Å². The molecule has 0 aliphatic heterocycles. The van der Waals surface area contributed by atoms with E-state index in [-0.39, 0.29) is 0 Å². The molecule has 2 nitrogen and oxygen atoms in total. The second-order valence-electron chi connectivity index (χ2n) is 2.44. The molecule has 0 spiro atoms. The largest absolute Gasteiger partial charge is 0.402 e. The molecule has 0 atom stereocenters. The number of hydrogen-bond donors (Lipinski definition) is 1. The predicted molar refractivity (Wildman–Crippen MR) is 39.5 cm³/mol. The van der Waals surface area contributed by atoms with Crippen molar-refractivity contribution in [3.8, 4) is 0 Å². The molecule has 0 unspecified atom stereocenters. The van der Waals surface area contributed by atoms with Crippen LogP contribution in [0.15, 0.2) is 16.8 Å². The normalized spacial score (nSPS) is 21.2. The second-order valence-corrected chi connectivity index (χ2v) is 2.44. The van der Waals surface area contributed by atoms with E-state index in [0.717, 1.165) is 5.70 Å². The lowest BCUT2D eigenvalue weighted by molar-refractivity contribution is 1.08. The Balaban J connectivity index is 2.22. The summed E-state index contributed by atoms with van der Waals surface area (Å²) in [6.07, 6.45) is 6.15. The van der Waals surface area contributed by atoms with Crippen LogP contribution in [0.4, 0.5) is 0 Å². The lowest BCUT2D eigenvalue weighted by atomic mass is 10.5. The number of nitrogens with zero attached hydrogens (tertiary/aromatic N) is 1. The van der Waals surface area contributed by atoms with Crippen molar-refractivity contribution >= 4 is 6.21 Å². The van der Waals surface area contributed by atoms with Gasteiger partial charge in [0.05, 0.1) is 6.04 Å². The monoisotopic (exact) mass is 124 g/mol. The molecule has 2 N–H and O–H groups in total. The topological polar surface area (TPSA) is 38.4 Å². The molecule has 0 saturated heterocycles. The van der Waals surface area contributed by atoms with Crippen molar-refractivity contribution in [1.82, 2.24) is 0 Å². The third-order valence-electron chi connectivity index (χ3n) is 1.18. The number of nitrogens with two attached hydrogens (primary N) is 1. The van der Waals surface area contributed by atoms with Crippen LogP contribution in [0.2, 0.25) is 0 Å². The van der Waals surface area contributed by atoms with Gasteiger partial charge in [0.2, 0.25) is 0 Å². The van der Waals surface area contributed by atoms with E-state index in [1.807, 2.05) is 13.0 Å². The summed E-state index contributed by atoms with van der Waals surface area (Å²) in [5, 5.41) is 0. The first-order chi connectivity index (χ1) is 4.29. The third kappa shape index (κ3) is 2.90. The number of aliphatic imine (C=N–C) groups is 1. The Labute approximate surface area is 55.5 Å². The molecular formula is C7H12N2. The fraction of sp³-hybridized carbons (Fsp3) is 0.571. The molecule has 0 heterocycles. The van der Waals surface area contributed by atoms with Crippen molar-refractivity contribution < 1.29 is 0 Å². The minimum absolute atomic E-state index is 0.612.